The smallest absolute Gasteiger partial charge is 0.321 e. The van der Waals surface area contributed by atoms with Gasteiger partial charge in [-0.3, -0.25) is 9.48 Å². The number of carbonyl (C=O) groups is 2. The minimum absolute atomic E-state index is 0.111. The summed E-state index contributed by atoms with van der Waals surface area (Å²) in [5.41, 5.74) is 2.28. The number of halogens is 2. The predicted octanol–water partition coefficient (Wildman–Crippen LogP) is 3.54. The van der Waals surface area contributed by atoms with Crippen molar-refractivity contribution < 1.29 is 18.4 Å². The molecule has 4 rings (SSSR count). The number of rotatable bonds is 3. The van der Waals surface area contributed by atoms with E-state index in [1.807, 2.05) is 18.2 Å². The molecule has 0 fully saturated rings. The van der Waals surface area contributed by atoms with Crippen LogP contribution in [0.15, 0.2) is 48.5 Å². The van der Waals surface area contributed by atoms with Gasteiger partial charge in [-0.2, -0.15) is 5.10 Å². The van der Waals surface area contributed by atoms with Gasteiger partial charge in [0, 0.05) is 43.0 Å². The number of fused-ring (bicyclic) bond motifs is 1. The average Bonchev–Trinajstić information content (AvgIpc) is 3.07. The summed E-state index contributed by atoms with van der Waals surface area (Å²) in [7, 11) is 1.75. The van der Waals surface area contributed by atoms with Crippen molar-refractivity contribution in [2.45, 2.75) is 13.0 Å². The Labute approximate surface area is 171 Å². The van der Waals surface area contributed by atoms with E-state index in [-0.39, 0.29) is 23.8 Å². The molecule has 30 heavy (non-hydrogen) atoms. The molecule has 0 saturated heterocycles. The number of aromatic nitrogens is 2. The number of nitrogens with zero attached hydrogens (tertiary/aromatic N) is 3. The van der Waals surface area contributed by atoms with Crippen LogP contribution < -0.4 is 10.6 Å². The van der Waals surface area contributed by atoms with E-state index in [1.54, 1.807) is 23.9 Å². The first-order chi connectivity index (χ1) is 14.4. The second kappa shape index (κ2) is 7.94. The van der Waals surface area contributed by atoms with Crippen LogP contribution in [-0.4, -0.2) is 33.2 Å². The van der Waals surface area contributed by atoms with Crippen LogP contribution >= 0.6 is 0 Å². The lowest BCUT2D eigenvalue weighted by atomic mass is 10.0. The highest BCUT2D eigenvalue weighted by Gasteiger charge is 2.29. The third kappa shape index (κ3) is 3.86. The van der Waals surface area contributed by atoms with Crippen LogP contribution in [0.25, 0.3) is 0 Å². The van der Waals surface area contributed by atoms with Gasteiger partial charge in [0.05, 0.1) is 12.2 Å². The maximum absolute atomic E-state index is 13.9. The standard InChI is InChI=1S/C21H19F2N5O2/c1-27-18-9-10-28(21(30)25-17-8-7-13(22)11-16(17)23)12-15(18)19(26-27)20(29)24-14-5-3-2-4-6-14/h2-8,11H,9-10,12H2,1H3,(H,24,29)(H,25,30). The second-order valence-electron chi connectivity index (χ2n) is 6.94. The SMILES string of the molecule is Cn1nc(C(=O)Nc2ccccc2)c2c1CCN(C(=O)Nc1ccc(F)cc1F)C2. The van der Waals surface area contributed by atoms with Gasteiger partial charge in [-0.05, 0) is 24.3 Å². The fourth-order valence-corrected chi connectivity index (χ4v) is 3.45. The molecule has 0 unspecified atom stereocenters. The number of para-hydroxylation sites is 1. The molecule has 3 amide bonds. The summed E-state index contributed by atoms with van der Waals surface area (Å²) in [5.74, 6) is -1.95. The molecule has 1 aliphatic rings. The van der Waals surface area contributed by atoms with Crippen LogP contribution in [0.5, 0.6) is 0 Å². The number of hydrogen-bond acceptors (Lipinski definition) is 3. The first-order valence-electron chi connectivity index (χ1n) is 9.34. The molecular formula is C21H19F2N5O2. The van der Waals surface area contributed by atoms with Gasteiger partial charge in [0.15, 0.2) is 5.69 Å². The Balaban J connectivity index is 1.52. The topological polar surface area (TPSA) is 79.3 Å². The van der Waals surface area contributed by atoms with Crippen molar-refractivity contribution in [2.24, 2.45) is 7.05 Å². The summed E-state index contributed by atoms with van der Waals surface area (Å²) in [5, 5.41) is 9.58. The number of nitrogens with one attached hydrogen (secondary N) is 2. The minimum Gasteiger partial charge on any atom is -0.321 e. The Kier molecular flexibility index (Phi) is 5.18. The maximum Gasteiger partial charge on any atom is 0.322 e. The Morgan fingerprint density at radius 2 is 1.83 bits per heavy atom. The monoisotopic (exact) mass is 411 g/mol. The van der Waals surface area contributed by atoms with Gasteiger partial charge in [0.25, 0.3) is 5.91 Å². The van der Waals surface area contributed by atoms with Crippen LogP contribution in [-0.2, 0) is 20.0 Å². The van der Waals surface area contributed by atoms with Crippen molar-refractivity contribution in [3.63, 3.8) is 0 Å². The molecule has 2 aromatic carbocycles. The predicted molar refractivity (Wildman–Crippen MR) is 107 cm³/mol. The highest BCUT2D eigenvalue weighted by atomic mass is 19.1. The summed E-state index contributed by atoms with van der Waals surface area (Å²) < 4.78 is 28.6. The van der Waals surface area contributed by atoms with Crippen molar-refractivity contribution in [1.82, 2.24) is 14.7 Å². The molecule has 7 nitrogen and oxygen atoms in total. The van der Waals surface area contributed by atoms with E-state index in [0.717, 1.165) is 11.8 Å². The van der Waals surface area contributed by atoms with Gasteiger partial charge in [-0.25, -0.2) is 13.6 Å². The van der Waals surface area contributed by atoms with E-state index in [4.69, 9.17) is 0 Å². The molecule has 3 aromatic rings. The first kappa shape index (κ1) is 19.6. The largest absolute Gasteiger partial charge is 0.322 e. The van der Waals surface area contributed by atoms with E-state index in [1.165, 1.54) is 11.0 Å². The number of urea groups is 1. The van der Waals surface area contributed by atoms with Gasteiger partial charge >= 0.3 is 6.03 Å². The number of amides is 3. The molecule has 0 saturated carbocycles. The maximum atomic E-state index is 13.9. The van der Waals surface area contributed by atoms with Crippen molar-refractivity contribution in [3.05, 3.63) is 77.1 Å². The number of anilines is 2. The summed E-state index contributed by atoms with van der Waals surface area (Å²) in [6.07, 6.45) is 0.497. The normalized spacial score (nSPS) is 13.0. The van der Waals surface area contributed by atoms with Crippen LogP contribution in [0, 0.1) is 11.6 Å². The molecule has 0 atom stereocenters. The Morgan fingerprint density at radius 3 is 2.57 bits per heavy atom. The van der Waals surface area contributed by atoms with Crippen LogP contribution in [0.3, 0.4) is 0 Å². The lowest BCUT2D eigenvalue weighted by Gasteiger charge is -2.27. The first-order valence-corrected chi connectivity index (χ1v) is 9.34. The van der Waals surface area contributed by atoms with E-state index in [2.05, 4.69) is 15.7 Å². The molecule has 2 N–H and O–H groups in total. The summed E-state index contributed by atoms with van der Waals surface area (Å²) in [6, 6.07) is 11.4. The van der Waals surface area contributed by atoms with Gasteiger partial charge in [-0.1, -0.05) is 18.2 Å². The van der Waals surface area contributed by atoms with Crippen molar-refractivity contribution in [1.29, 1.82) is 0 Å². The molecule has 0 radical (unpaired) electrons. The van der Waals surface area contributed by atoms with Gasteiger partial charge in [0.2, 0.25) is 0 Å². The summed E-state index contributed by atoms with van der Waals surface area (Å²) >= 11 is 0. The Bertz CT molecular complexity index is 1110. The molecule has 2 heterocycles. The highest BCUT2D eigenvalue weighted by molar-refractivity contribution is 6.04. The average molecular weight is 411 g/mol. The van der Waals surface area contributed by atoms with Crippen LogP contribution in [0.1, 0.15) is 21.7 Å². The molecule has 1 aromatic heterocycles. The van der Waals surface area contributed by atoms with Crippen molar-refractivity contribution in [3.8, 4) is 0 Å². The van der Waals surface area contributed by atoms with Crippen molar-refractivity contribution >= 4 is 23.3 Å². The molecular weight excluding hydrogens is 392 g/mol. The molecule has 1 aliphatic heterocycles. The quantitative estimate of drug-likeness (QED) is 0.692. The number of aryl methyl sites for hydroxylation is 1. The van der Waals surface area contributed by atoms with Gasteiger partial charge < -0.3 is 15.5 Å². The van der Waals surface area contributed by atoms with E-state index in [0.29, 0.717) is 30.3 Å². The van der Waals surface area contributed by atoms with Gasteiger partial charge in [0.1, 0.15) is 11.6 Å². The minimum atomic E-state index is -0.856. The van der Waals surface area contributed by atoms with E-state index >= 15 is 0 Å². The molecule has 154 valence electrons. The molecule has 0 bridgehead atoms. The van der Waals surface area contributed by atoms with Gasteiger partial charge in [-0.15, -0.1) is 0 Å². The number of carbonyl (C=O) groups excluding carboxylic acids is 2. The third-order valence-corrected chi connectivity index (χ3v) is 4.95. The summed E-state index contributed by atoms with van der Waals surface area (Å²) in [4.78, 5) is 26.8. The highest BCUT2D eigenvalue weighted by Crippen LogP contribution is 2.24. The Hall–Kier alpha value is -3.75. The zero-order valence-corrected chi connectivity index (χ0v) is 16.2. The Morgan fingerprint density at radius 1 is 1.07 bits per heavy atom. The van der Waals surface area contributed by atoms with Crippen LogP contribution in [0.4, 0.5) is 25.0 Å². The summed E-state index contributed by atoms with van der Waals surface area (Å²) in [6.45, 7) is 0.524. The molecule has 0 spiro atoms. The zero-order valence-electron chi connectivity index (χ0n) is 16.2. The molecule has 9 heteroatoms. The lowest BCUT2D eigenvalue weighted by Crippen LogP contribution is -2.39. The fraction of sp³-hybridized carbons (Fsp3) is 0.190. The number of hydrogen-bond donors (Lipinski definition) is 2. The molecule has 0 aliphatic carbocycles. The van der Waals surface area contributed by atoms with E-state index in [9.17, 15) is 18.4 Å². The lowest BCUT2D eigenvalue weighted by molar-refractivity contribution is 0.101. The van der Waals surface area contributed by atoms with Crippen molar-refractivity contribution in [2.75, 3.05) is 17.2 Å². The second-order valence-corrected chi connectivity index (χ2v) is 6.94. The third-order valence-electron chi connectivity index (χ3n) is 4.95. The van der Waals surface area contributed by atoms with Crippen LogP contribution in [0.2, 0.25) is 0 Å². The van der Waals surface area contributed by atoms with E-state index < -0.39 is 17.7 Å². The fourth-order valence-electron chi connectivity index (χ4n) is 3.45. The zero-order chi connectivity index (χ0) is 21.3. The number of benzene rings is 2.